The van der Waals surface area contributed by atoms with Crippen molar-refractivity contribution in [3.8, 4) is 6.07 Å². The molecule has 1 aliphatic rings. The topological polar surface area (TPSA) is 87.2 Å². The van der Waals surface area contributed by atoms with Crippen LogP contribution in [-0.4, -0.2) is 29.3 Å². The molecule has 0 aliphatic heterocycles. The Bertz CT molecular complexity index is 402. The van der Waals surface area contributed by atoms with Crippen LogP contribution < -0.4 is 5.73 Å². The summed E-state index contributed by atoms with van der Waals surface area (Å²) in [6.07, 6.45) is 6.55. The molecular weight excluding hydrogens is 266 g/mol. The van der Waals surface area contributed by atoms with Crippen molar-refractivity contribution >= 4 is 11.8 Å². The molecule has 5 heteroatoms. The minimum atomic E-state index is -0.998. The van der Waals surface area contributed by atoms with E-state index >= 15 is 0 Å². The molecule has 118 valence electrons. The summed E-state index contributed by atoms with van der Waals surface area (Å²) >= 11 is 0. The molecule has 1 rings (SSSR count). The average molecular weight is 293 g/mol. The number of nitriles is 1. The lowest BCUT2D eigenvalue weighted by Gasteiger charge is -2.35. The van der Waals surface area contributed by atoms with Crippen LogP contribution in [0.25, 0.3) is 0 Å². The minimum absolute atomic E-state index is 0.0615. The lowest BCUT2D eigenvalue weighted by Crippen LogP contribution is -2.50. The maximum absolute atomic E-state index is 13.0. The summed E-state index contributed by atoms with van der Waals surface area (Å²) in [6, 6.07) is 2.31. The van der Waals surface area contributed by atoms with Gasteiger partial charge in [0.1, 0.15) is 5.41 Å². The van der Waals surface area contributed by atoms with Gasteiger partial charge in [0.25, 0.3) is 0 Å². The maximum Gasteiger partial charge on any atom is 0.243 e. The Labute approximate surface area is 127 Å². The number of carbonyl (C=O) groups is 2. The van der Waals surface area contributed by atoms with Crippen LogP contribution in [0.15, 0.2) is 0 Å². The highest BCUT2D eigenvalue weighted by atomic mass is 16.2. The number of carbonyl (C=O) groups excluding carboxylic acids is 2. The molecule has 5 nitrogen and oxygen atoms in total. The van der Waals surface area contributed by atoms with Gasteiger partial charge in [-0.2, -0.15) is 5.26 Å². The predicted octanol–water partition coefficient (Wildman–Crippen LogP) is 2.35. The molecule has 0 aromatic carbocycles. The van der Waals surface area contributed by atoms with Crippen molar-refractivity contribution in [1.82, 2.24) is 4.90 Å². The van der Waals surface area contributed by atoms with E-state index in [-0.39, 0.29) is 18.5 Å². The molecule has 0 aromatic rings. The summed E-state index contributed by atoms with van der Waals surface area (Å²) < 4.78 is 0. The first kappa shape index (κ1) is 17.5. The van der Waals surface area contributed by atoms with E-state index in [2.05, 4.69) is 6.07 Å². The zero-order valence-corrected chi connectivity index (χ0v) is 13.2. The van der Waals surface area contributed by atoms with E-state index < -0.39 is 11.3 Å². The fraction of sp³-hybridized carbons (Fsp3) is 0.812. The van der Waals surface area contributed by atoms with Crippen molar-refractivity contribution in [2.75, 3.05) is 6.54 Å². The lowest BCUT2D eigenvalue weighted by atomic mass is 9.79. The highest BCUT2D eigenvalue weighted by Gasteiger charge is 2.42. The first-order valence-corrected chi connectivity index (χ1v) is 8.01. The number of hydrogen-bond acceptors (Lipinski definition) is 3. The van der Waals surface area contributed by atoms with Gasteiger partial charge in [-0.3, -0.25) is 9.59 Å². The Balaban J connectivity index is 3.04. The third-order valence-electron chi connectivity index (χ3n) is 4.33. The zero-order chi connectivity index (χ0) is 15.9. The highest BCUT2D eigenvalue weighted by Crippen LogP contribution is 2.34. The number of hydrogen-bond donors (Lipinski definition) is 1. The molecule has 1 fully saturated rings. The Hall–Kier alpha value is -1.57. The van der Waals surface area contributed by atoms with Crippen molar-refractivity contribution in [3.05, 3.63) is 0 Å². The Morgan fingerprint density at radius 1 is 1.24 bits per heavy atom. The summed E-state index contributed by atoms with van der Waals surface area (Å²) in [5.74, 6) is -0.700. The van der Waals surface area contributed by atoms with Crippen LogP contribution in [0.4, 0.5) is 0 Å². The second-order valence-electron chi connectivity index (χ2n) is 6.03. The molecule has 0 heterocycles. The Morgan fingerprint density at radius 2 is 1.76 bits per heavy atom. The van der Waals surface area contributed by atoms with Gasteiger partial charge in [-0.15, -0.1) is 0 Å². The van der Waals surface area contributed by atoms with Crippen molar-refractivity contribution in [2.45, 2.75) is 71.3 Å². The second kappa shape index (κ2) is 8.02. The van der Waals surface area contributed by atoms with Gasteiger partial charge >= 0.3 is 0 Å². The molecule has 0 unspecified atom stereocenters. The molecule has 0 bridgehead atoms. The number of rotatable bonds is 8. The van der Waals surface area contributed by atoms with Crippen molar-refractivity contribution in [1.29, 1.82) is 5.26 Å². The van der Waals surface area contributed by atoms with Crippen molar-refractivity contribution in [3.63, 3.8) is 0 Å². The van der Waals surface area contributed by atoms with E-state index in [0.717, 1.165) is 38.5 Å². The van der Waals surface area contributed by atoms with Gasteiger partial charge in [-0.25, -0.2) is 0 Å². The third kappa shape index (κ3) is 4.20. The van der Waals surface area contributed by atoms with Gasteiger partial charge in [0.05, 0.1) is 12.6 Å². The summed E-state index contributed by atoms with van der Waals surface area (Å²) in [7, 11) is 0. The fourth-order valence-corrected chi connectivity index (χ4v) is 3.38. The van der Waals surface area contributed by atoms with Crippen LogP contribution in [0.2, 0.25) is 0 Å². The smallest absolute Gasteiger partial charge is 0.243 e. The monoisotopic (exact) mass is 293 g/mol. The normalized spacial score (nSPS) is 15.7. The van der Waals surface area contributed by atoms with Gasteiger partial charge in [0.15, 0.2) is 0 Å². The summed E-state index contributed by atoms with van der Waals surface area (Å²) in [5.41, 5.74) is 4.32. The molecule has 0 spiro atoms. The SMILES string of the molecule is CCCC(C#N)(CCC)C(=O)N(CC(N)=O)C1CCCC1. The largest absolute Gasteiger partial charge is 0.368 e. The quantitative estimate of drug-likeness (QED) is 0.745. The molecule has 0 radical (unpaired) electrons. The third-order valence-corrected chi connectivity index (χ3v) is 4.33. The van der Waals surface area contributed by atoms with Crippen LogP contribution in [0.5, 0.6) is 0 Å². The van der Waals surface area contributed by atoms with E-state index in [1.807, 2.05) is 13.8 Å². The molecule has 0 saturated heterocycles. The molecular formula is C16H27N3O2. The maximum atomic E-state index is 13.0. The first-order chi connectivity index (χ1) is 10.0. The average Bonchev–Trinajstić information content (AvgIpc) is 2.97. The van der Waals surface area contributed by atoms with Crippen LogP contribution in [-0.2, 0) is 9.59 Å². The van der Waals surface area contributed by atoms with Crippen LogP contribution in [0.1, 0.15) is 65.2 Å². The Kier molecular flexibility index (Phi) is 6.67. The van der Waals surface area contributed by atoms with E-state index in [4.69, 9.17) is 5.73 Å². The molecule has 2 amide bonds. The predicted molar refractivity (Wildman–Crippen MR) is 81.0 cm³/mol. The van der Waals surface area contributed by atoms with E-state index in [0.29, 0.717) is 12.8 Å². The number of nitrogens with zero attached hydrogens (tertiary/aromatic N) is 2. The molecule has 0 aromatic heterocycles. The van der Waals surface area contributed by atoms with Crippen molar-refractivity contribution < 1.29 is 9.59 Å². The van der Waals surface area contributed by atoms with Crippen LogP contribution in [0.3, 0.4) is 0 Å². The van der Waals surface area contributed by atoms with Crippen LogP contribution in [0, 0.1) is 16.7 Å². The standard InChI is InChI=1S/C16H27N3O2/c1-3-9-16(12-17,10-4-2)15(21)19(11-14(18)20)13-7-5-6-8-13/h13H,3-11H2,1-2H3,(H2,18,20). The first-order valence-electron chi connectivity index (χ1n) is 8.01. The summed E-state index contributed by atoms with van der Waals surface area (Å²) in [6.45, 7) is 3.88. The molecule has 0 atom stereocenters. The van der Waals surface area contributed by atoms with Crippen LogP contribution >= 0.6 is 0 Å². The van der Waals surface area contributed by atoms with Crippen molar-refractivity contribution in [2.24, 2.45) is 11.1 Å². The lowest BCUT2D eigenvalue weighted by molar-refractivity contribution is -0.145. The Morgan fingerprint density at radius 3 is 2.14 bits per heavy atom. The second-order valence-corrected chi connectivity index (χ2v) is 6.03. The highest BCUT2D eigenvalue weighted by molar-refractivity contribution is 5.89. The van der Waals surface area contributed by atoms with Gasteiger partial charge in [0, 0.05) is 6.04 Å². The number of nitrogens with two attached hydrogens (primary N) is 1. The molecule has 1 aliphatic carbocycles. The molecule has 2 N–H and O–H groups in total. The summed E-state index contributed by atoms with van der Waals surface area (Å²) in [4.78, 5) is 25.9. The van der Waals surface area contributed by atoms with E-state index in [1.54, 1.807) is 4.90 Å². The zero-order valence-electron chi connectivity index (χ0n) is 13.2. The van der Waals surface area contributed by atoms with E-state index in [9.17, 15) is 14.9 Å². The van der Waals surface area contributed by atoms with Gasteiger partial charge in [-0.1, -0.05) is 39.5 Å². The molecule has 21 heavy (non-hydrogen) atoms. The van der Waals surface area contributed by atoms with Gasteiger partial charge in [0.2, 0.25) is 11.8 Å². The summed E-state index contributed by atoms with van der Waals surface area (Å²) in [5, 5.41) is 9.62. The van der Waals surface area contributed by atoms with E-state index in [1.165, 1.54) is 0 Å². The fourth-order valence-electron chi connectivity index (χ4n) is 3.38. The number of primary amides is 1. The number of amides is 2. The minimum Gasteiger partial charge on any atom is -0.368 e. The molecule has 1 saturated carbocycles. The van der Waals surface area contributed by atoms with Gasteiger partial charge in [-0.05, 0) is 25.7 Å². The van der Waals surface area contributed by atoms with Gasteiger partial charge < -0.3 is 10.6 Å².